The molecule has 17 heavy (non-hydrogen) atoms. The third-order valence-electron chi connectivity index (χ3n) is 3.10. The van der Waals surface area contributed by atoms with Crippen molar-refractivity contribution in [3.05, 3.63) is 35.6 Å². The summed E-state index contributed by atoms with van der Waals surface area (Å²) in [5.41, 5.74) is 7.09. The van der Waals surface area contributed by atoms with Crippen molar-refractivity contribution in [2.75, 3.05) is 13.6 Å². The van der Waals surface area contributed by atoms with Crippen molar-refractivity contribution in [2.45, 2.75) is 33.4 Å². The van der Waals surface area contributed by atoms with Crippen LogP contribution in [-0.2, 0) is 6.54 Å². The Morgan fingerprint density at radius 3 is 2.18 bits per heavy atom. The van der Waals surface area contributed by atoms with Crippen LogP contribution in [0.25, 0.3) is 0 Å². The van der Waals surface area contributed by atoms with Crippen LogP contribution in [0.2, 0.25) is 0 Å². The summed E-state index contributed by atoms with van der Waals surface area (Å²) < 4.78 is 12.8. The fraction of sp³-hybridized carbons (Fsp3) is 0.571. The van der Waals surface area contributed by atoms with Gasteiger partial charge in [0.05, 0.1) is 0 Å². The highest BCUT2D eigenvalue weighted by Crippen LogP contribution is 2.23. The first kappa shape index (κ1) is 14.1. The van der Waals surface area contributed by atoms with Crippen molar-refractivity contribution < 1.29 is 4.39 Å². The van der Waals surface area contributed by atoms with Crippen LogP contribution in [0.3, 0.4) is 0 Å². The molecule has 1 atom stereocenters. The lowest BCUT2D eigenvalue weighted by atomic mass is 9.85. The Balaban J connectivity index is 2.70. The molecule has 0 amide bonds. The van der Waals surface area contributed by atoms with Gasteiger partial charge in [-0.15, -0.1) is 0 Å². The van der Waals surface area contributed by atoms with Gasteiger partial charge in [0.25, 0.3) is 0 Å². The van der Waals surface area contributed by atoms with Crippen LogP contribution in [0.5, 0.6) is 0 Å². The van der Waals surface area contributed by atoms with Crippen molar-refractivity contribution in [1.29, 1.82) is 0 Å². The third-order valence-corrected chi connectivity index (χ3v) is 3.10. The average Bonchev–Trinajstić information content (AvgIpc) is 2.20. The van der Waals surface area contributed by atoms with Gasteiger partial charge in [0.2, 0.25) is 0 Å². The zero-order chi connectivity index (χ0) is 13.1. The van der Waals surface area contributed by atoms with Gasteiger partial charge in [-0.1, -0.05) is 32.9 Å². The molecular formula is C14H23FN2. The molecule has 0 aliphatic heterocycles. The van der Waals surface area contributed by atoms with E-state index in [1.807, 2.05) is 12.1 Å². The van der Waals surface area contributed by atoms with Crippen LogP contribution >= 0.6 is 0 Å². The quantitative estimate of drug-likeness (QED) is 0.873. The molecular weight excluding hydrogens is 215 g/mol. The number of hydrogen-bond donors (Lipinski definition) is 1. The van der Waals surface area contributed by atoms with Crippen molar-refractivity contribution in [1.82, 2.24) is 4.90 Å². The molecule has 0 saturated carbocycles. The predicted octanol–water partition coefficient (Wildman–Crippen LogP) is 2.63. The number of nitrogens with two attached hydrogens (primary N) is 1. The fourth-order valence-corrected chi connectivity index (χ4v) is 2.18. The van der Waals surface area contributed by atoms with Crippen LogP contribution in [0, 0.1) is 11.2 Å². The van der Waals surface area contributed by atoms with E-state index >= 15 is 0 Å². The first-order valence-corrected chi connectivity index (χ1v) is 5.99. The van der Waals surface area contributed by atoms with E-state index in [2.05, 4.69) is 32.7 Å². The highest BCUT2D eigenvalue weighted by molar-refractivity contribution is 5.16. The number of hydrogen-bond acceptors (Lipinski definition) is 2. The minimum atomic E-state index is -0.192. The Hall–Kier alpha value is -0.930. The fourth-order valence-electron chi connectivity index (χ4n) is 2.18. The van der Waals surface area contributed by atoms with Gasteiger partial charge in [-0.05, 0) is 30.2 Å². The molecule has 0 aliphatic rings. The van der Waals surface area contributed by atoms with Crippen LogP contribution in [0.15, 0.2) is 24.3 Å². The first-order chi connectivity index (χ1) is 7.84. The maximum absolute atomic E-state index is 12.8. The van der Waals surface area contributed by atoms with Crippen LogP contribution < -0.4 is 5.73 Å². The number of likely N-dealkylation sites (N-methyl/N-ethyl adjacent to an activating group) is 1. The molecule has 0 spiro atoms. The second-order valence-corrected chi connectivity index (χ2v) is 5.66. The lowest BCUT2D eigenvalue weighted by Gasteiger charge is -2.37. The Morgan fingerprint density at radius 2 is 1.76 bits per heavy atom. The lowest BCUT2D eigenvalue weighted by molar-refractivity contribution is 0.125. The summed E-state index contributed by atoms with van der Waals surface area (Å²) in [5.74, 6) is -0.192. The van der Waals surface area contributed by atoms with Crippen molar-refractivity contribution >= 4 is 0 Å². The second-order valence-electron chi connectivity index (χ2n) is 5.66. The van der Waals surface area contributed by atoms with E-state index < -0.39 is 0 Å². The molecule has 1 unspecified atom stereocenters. The second kappa shape index (κ2) is 5.61. The maximum Gasteiger partial charge on any atom is 0.123 e. The molecule has 0 radical (unpaired) electrons. The minimum absolute atomic E-state index is 0.142. The van der Waals surface area contributed by atoms with E-state index in [4.69, 9.17) is 5.73 Å². The maximum atomic E-state index is 12.8. The van der Waals surface area contributed by atoms with E-state index in [9.17, 15) is 4.39 Å². The molecule has 2 nitrogen and oxygen atoms in total. The molecule has 96 valence electrons. The summed E-state index contributed by atoms with van der Waals surface area (Å²) in [6.45, 7) is 7.98. The number of rotatable bonds is 4. The summed E-state index contributed by atoms with van der Waals surface area (Å²) in [6.07, 6.45) is 0. The molecule has 2 N–H and O–H groups in total. The largest absolute Gasteiger partial charge is 0.329 e. The first-order valence-electron chi connectivity index (χ1n) is 5.99. The molecule has 0 aromatic heterocycles. The standard InChI is InChI=1S/C14H23FN2/c1-14(2,3)13(9-16)17(4)10-11-5-7-12(15)8-6-11/h5-8,13H,9-10,16H2,1-4H3. The van der Waals surface area contributed by atoms with Gasteiger partial charge in [0.1, 0.15) is 5.82 Å². The van der Waals surface area contributed by atoms with E-state index in [-0.39, 0.29) is 11.2 Å². The summed E-state index contributed by atoms with van der Waals surface area (Å²) in [4.78, 5) is 2.23. The summed E-state index contributed by atoms with van der Waals surface area (Å²) in [7, 11) is 2.06. The lowest BCUT2D eigenvalue weighted by Crippen LogP contribution is -2.46. The van der Waals surface area contributed by atoms with Crippen molar-refractivity contribution in [2.24, 2.45) is 11.1 Å². The van der Waals surface area contributed by atoms with Gasteiger partial charge >= 0.3 is 0 Å². The Labute approximate surface area is 104 Å². The average molecular weight is 238 g/mol. The van der Waals surface area contributed by atoms with Gasteiger partial charge in [-0.3, -0.25) is 4.90 Å². The summed E-state index contributed by atoms with van der Waals surface area (Å²) >= 11 is 0. The number of nitrogens with zero attached hydrogens (tertiary/aromatic N) is 1. The smallest absolute Gasteiger partial charge is 0.123 e. The summed E-state index contributed by atoms with van der Waals surface area (Å²) in [6, 6.07) is 6.95. The van der Waals surface area contributed by atoms with Gasteiger partial charge in [0, 0.05) is 19.1 Å². The van der Waals surface area contributed by atoms with Crippen molar-refractivity contribution in [3.63, 3.8) is 0 Å². The molecule has 0 heterocycles. The zero-order valence-corrected chi connectivity index (χ0v) is 11.2. The predicted molar refractivity (Wildman–Crippen MR) is 70.2 cm³/mol. The van der Waals surface area contributed by atoms with E-state index in [1.165, 1.54) is 12.1 Å². The van der Waals surface area contributed by atoms with E-state index in [1.54, 1.807) is 0 Å². The normalized spacial score (nSPS) is 14.1. The number of benzene rings is 1. The molecule has 0 fully saturated rings. The van der Waals surface area contributed by atoms with Crippen molar-refractivity contribution in [3.8, 4) is 0 Å². The third kappa shape index (κ3) is 4.10. The zero-order valence-electron chi connectivity index (χ0n) is 11.2. The van der Waals surface area contributed by atoms with Gasteiger partial charge in [0.15, 0.2) is 0 Å². The minimum Gasteiger partial charge on any atom is -0.329 e. The van der Waals surface area contributed by atoms with Crippen LogP contribution in [-0.4, -0.2) is 24.5 Å². The van der Waals surface area contributed by atoms with Gasteiger partial charge in [-0.25, -0.2) is 4.39 Å². The molecule has 0 aliphatic carbocycles. The van der Waals surface area contributed by atoms with E-state index in [0.29, 0.717) is 12.6 Å². The van der Waals surface area contributed by atoms with Gasteiger partial charge in [-0.2, -0.15) is 0 Å². The van der Waals surface area contributed by atoms with Crippen LogP contribution in [0.4, 0.5) is 4.39 Å². The Kier molecular flexibility index (Phi) is 4.66. The molecule has 1 aromatic carbocycles. The summed E-state index contributed by atoms with van der Waals surface area (Å²) in [5, 5.41) is 0. The molecule has 3 heteroatoms. The van der Waals surface area contributed by atoms with Gasteiger partial charge < -0.3 is 5.73 Å². The molecule has 0 saturated heterocycles. The monoisotopic (exact) mass is 238 g/mol. The Bertz CT molecular complexity index is 340. The topological polar surface area (TPSA) is 29.3 Å². The van der Waals surface area contributed by atoms with E-state index in [0.717, 1.165) is 12.1 Å². The highest BCUT2D eigenvalue weighted by atomic mass is 19.1. The molecule has 1 rings (SSSR count). The SMILES string of the molecule is CN(Cc1ccc(F)cc1)C(CN)C(C)(C)C. The van der Waals surface area contributed by atoms with Crippen LogP contribution in [0.1, 0.15) is 26.3 Å². The number of halogens is 1. The Morgan fingerprint density at radius 1 is 1.24 bits per heavy atom. The molecule has 1 aromatic rings. The molecule has 0 bridgehead atoms. The highest BCUT2D eigenvalue weighted by Gasteiger charge is 2.26.